The van der Waals surface area contributed by atoms with Crippen molar-refractivity contribution in [3.63, 3.8) is 0 Å². The number of benzene rings is 3. The minimum Gasteiger partial charge on any atom is -0.485 e. The van der Waals surface area contributed by atoms with Gasteiger partial charge in [-0.05, 0) is 53.5 Å². The third-order valence-electron chi connectivity index (χ3n) is 4.64. The number of nitrogens with one attached hydrogen (secondary N) is 2. The quantitative estimate of drug-likeness (QED) is 0.177. The Labute approximate surface area is 195 Å². The molecule has 0 aliphatic heterocycles. The van der Waals surface area contributed by atoms with Crippen LogP contribution in [0, 0.1) is 0 Å². The highest BCUT2D eigenvalue weighted by Gasteiger charge is 2.08. The molecular formula is C26H29N3O2S. The lowest BCUT2D eigenvalue weighted by atomic mass is 10.2. The van der Waals surface area contributed by atoms with E-state index in [-0.39, 0.29) is 0 Å². The summed E-state index contributed by atoms with van der Waals surface area (Å²) in [6.07, 6.45) is 3.89. The van der Waals surface area contributed by atoms with E-state index in [2.05, 4.69) is 22.8 Å². The van der Waals surface area contributed by atoms with E-state index >= 15 is 0 Å². The van der Waals surface area contributed by atoms with Crippen LogP contribution < -0.4 is 20.2 Å². The topological polar surface area (TPSA) is 54.9 Å². The van der Waals surface area contributed by atoms with Crippen molar-refractivity contribution >= 4 is 23.5 Å². The molecule has 0 aliphatic rings. The zero-order valence-electron chi connectivity index (χ0n) is 18.3. The van der Waals surface area contributed by atoms with Crippen LogP contribution in [-0.2, 0) is 13.2 Å². The maximum atomic E-state index is 6.10. The van der Waals surface area contributed by atoms with E-state index in [1.807, 2.05) is 78.9 Å². The second kappa shape index (κ2) is 13.1. The van der Waals surface area contributed by atoms with E-state index in [0.29, 0.717) is 29.8 Å². The summed E-state index contributed by atoms with van der Waals surface area (Å²) in [7, 11) is 0. The zero-order chi connectivity index (χ0) is 22.4. The van der Waals surface area contributed by atoms with E-state index in [9.17, 15) is 0 Å². The van der Waals surface area contributed by atoms with Crippen LogP contribution in [0.25, 0.3) is 0 Å². The third kappa shape index (κ3) is 8.04. The Balaban J connectivity index is 1.67. The highest BCUT2D eigenvalue weighted by atomic mass is 32.1. The second-order valence-corrected chi connectivity index (χ2v) is 7.64. The molecule has 3 aromatic rings. The van der Waals surface area contributed by atoms with Gasteiger partial charge in [-0.3, -0.25) is 5.43 Å². The van der Waals surface area contributed by atoms with Crippen molar-refractivity contribution in [1.82, 2.24) is 10.7 Å². The molecule has 0 radical (unpaired) electrons. The van der Waals surface area contributed by atoms with Gasteiger partial charge in [0.05, 0.1) is 6.21 Å². The molecule has 0 unspecified atom stereocenters. The van der Waals surface area contributed by atoms with Crippen molar-refractivity contribution in [3.05, 3.63) is 95.6 Å². The normalized spacial score (nSPS) is 10.7. The SMILES string of the molecule is CCCCNC(=S)NN=Cc1ccc(OCc2ccccc2)c(OCc2ccccc2)c1. The Morgan fingerprint density at radius 3 is 2.12 bits per heavy atom. The smallest absolute Gasteiger partial charge is 0.186 e. The van der Waals surface area contributed by atoms with E-state index in [1.54, 1.807) is 6.21 Å². The molecule has 0 aliphatic carbocycles. The molecule has 5 nitrogen and oxygen atoms in total. The molecule has 0 spiro atoms. The van der Waals surface area contributed by atoms with E-state index < -0.39 is 0 Å². The molecule has 0 saturated heterocycles. The van der Waals surface area contributed by atoms with Gasteiger partial charge in [0.2, 0.25) is 0 Å². The Kier molecular flexibility index (Phi) is 9.55. The summed E-state index contributed by atoms with van der Waals surface area (Å²) in [6.45, 7) is 3.89. The van der Waals surface area contributed by atoms with Crippen LogP contribution in [-0.4, -0.2) is 17.9 Å². The van der Waals surface area contributed by atoms with E-state index in [4.69, 9.17) is 21.7 Å². The molecule has 0 heterocycles. The van der Waals surface area contributed by atoms with Gasteiger partial charge >= 0.3 is 0 Å². The number of nitrogens with zero attached hydrogens (tertiary/aromatic N) is 1. The predicted octanol–water partition coefficient (Wildman–Crippen LogP) is 5.44. The molecule has 3 aromatic carbocycles. The number of hydrogen-bond acceptors (Lipinski definition) is 4. The van der Waals surface area contributed by atoms with Gasteiger partial charge in [-0.2, -0.15) is 5.10 Å². The lowest BCUT2D eigenvalue weighted by molar-refractivity contribution is 0.256. The first-order chi connectivity index (χ1) is 15.7. The molecule has 0 aromatic heterocycles. The summed E-state index contributed by atoms with van der Waals surface area (Å²) >= 11 is 5.23. The fraction of sp³-hybridized carbons (Fsp3) is 0.231. The van der Waals surface area contributed by atoms with Crippen molar-refractivity contribution in [3.8, 4) is 11.5 Å². The summed E-state index contributed by atoms with van der Waals surface area (Å²) in [6, 6.07) is 25.9. The van der Waals surface area contributed by atoms with Crippen molar-refractivity contribution in [2.24, 2.45) is 5.10 Å². The average Bonchev–Trinajstić information content (AvgIpc) is 2.83. The monoisotopic (exact) mass is 447 g/mol. The molecule has 2 N–H and O–H groups in total. The van der Waals surface area contributed by atoms with E-state index in [1.165, 1.54) is 0 Å². The van der Waals surface area contributed by atoms with Crippen LogP contribution in [0.1, 0.15) is 36.5 Å². The summed E-state index contributed by atoms with van der Waals surface area (Å²) in [5.74, 6) is 1.35. The van der Waals surface area contributed by atoms with Gasteiger partial charge in [0.25, 0.3) is 0 Å². The Morgan fingerprint density at radius 2 is 1.50 bits per heavy atom. The largest absolute Gasteiger partial charge is 0.485 e. The minimum atomic E-state index is 0.451. The second-order valence-electron chi connectivity index (χ2n) is 7.23. The van der Waals surface area contributed by atoms with Crippen LogP contribution in [0.4, 0.5) is 0 Å². The summed E-state index contributed by atoms with van der Waals surface area (Å²) in [5, 5.41) is 7.86. The maximum absolute atomic E-state index is 6.10. The van der Waals surface area contributed by atoms with Crippen LogP contribution in [0.3, 0.4) is 0 Å². The fourth-order valence-corrected chi connectivity index (χ4v) is 3.05. The van der Waals surface area contributed by atoms with Crippen molar-refractivity contribution in [1.29, 1.82) is 0 Å². The molecule has 0 saturated carbocycles. The van der Waals surface area contributed by atoms with Crippen LogP contribution >= 0.6 is 12.2 Å². The fourth-order valence-electron chi connectivity index (χ4n) is 2.89. The highest BCUT2D eigenvalue weighted by Crippen LogP contribution is 2.29. The standard InChI is InChI=1S/C26H29N3O2S/c1-2-3-16-27-26(32)29-28-18-23-14-15-24(30-19-21-10-6-4-7-11-21)25(17-23)31-20-22-12-8-5-9-13-22/h4-15,17-18H,2-3,16,19-20H2,1H3,(H2,27,29,32). The highest BCUT2D eigenvalue weighted by molar-refractivity contribution is 7.80. The van der Waals surface area contributed by atoms with Gasteiger partial charge < -0.3 is 14.8 Å². The number of hydrogen-bond donors (Lipinski definition) is 2. The summed E-state index contributed by atoms with van der Waals surface area (Å²) < 4.78 is 12.1. The van der Waals surface area contributed by atoms with Crippen LogP contribution in [0.2, 0.25) is 0 Å². The number of ether oxygens (including phenoxy) is 2. The first-order valence-corrected chi connectivity index (χ1v) is 11.2. The Bertz CT molecular complexity index is 994. The van der Waals surface area contributed by atoms with E-state index in [0.717, 1.165) is 36.1 Å². The lowest BCUT2D eigenvalue weighted by Crippen LogP contribution is -2.32. The molecule has 0 fully saturated rings. The van der Waals surface area contributed by atoms with Crippen LogP contribution in [0.15, 0.2) is 84.0 Å². The molecule has 0 atom stereocenters. The third-order valence-corrected chi connectivity index (χ3v) is 4.87. The van der Waals surface area contributed by atoms with Gasteiger partial charge in [0.1, 0.15) is 13.2 Å². The van der Waals surface area contributed by atoms with Gasteiger partial charge in [-0.15, -0.1) is 0 Å². The number of thiocarbonyl (C=S) groups is 1. The first-order valence-electron chi connectivity index (χ1n) is 10.8. The Hall–Kier alpha value is -3.38. The average molecular weight is 448 g/mol. The lowest BCUT2D eigenvalue weighted by Gasteiger charge is -2.14. The van der Waals surface area contributed by atoms with Gasteiger partial charge in [-0.1, -0.05) is 74.0 Å². The maximum Gasteiger partial charge on any atom is 0.186 e. The molecule has 0 amide bonds. The van der Waals surface area contributed by atoms with Crippen molar-refractivity contribution in [2.45, 2.75) is 33.0 Å². The van der Waals surface area contributed by atoms with Crippen LogP contribution in [0.5, 0.6) is 11.5 Å². The summed E-state index contributed by atoms with van der Waals surface area (Å²) in [4.78, 5) is 0. The minimum absolute atomic E-state index is 0.451. The van der Waals surface area contributed by atoms with Gasteiger partial charge in [0.15, 0.2) is 16.6 Å². The molecule has 6 heteroatoms. The molecule has 3 rings (SSSR count). The first kappa shape index (κ1) is 23.3. The number of hydrazone groups is 1. The molecular weight excluding hydrogens is 418 g/mol. The van der Waals surface area contributed by atoms with Gasteiger partial charge in [-0.25, -0.2) is 0 Å². The molecule has 32 heavy (non-hydrogen) atoms. The number of unbranched alkanes of at least 4 members (excludes halogenated alkanes) is 1. The molecule has 0 bridgehead atoms. The summed E-state index contributed by atoms with van der Waals surface area (Å²) in [5.41, 5.74) is 5.91. The van der Waals surface area contributed by atoms with Gasteiger partial charge in [0, 0.05) is 6.54 Å². The zero-order valence-corrected chi connectivity index (χ0v) is 19.1. The van der Waals surface area contributed by atoms with Crippen molar-refractivity contribution in [2.75, 3.05) is 6.54 Å². The molecule has 166 valence electrons. The van der Waals surface area contributed by atoms with Crippen molar-refractivity contribution < 1.29 is 9.47 Å². The Morgan fingerprint density at radius 1 is 0.875 bits per heavy atom. The predicted molar refractivity (Wildman–Crippen MR) is 134 cm³/mol. The number of rotatable bonds is 11.